The van der Waals surface area contributed by atoms with Crippen molar-refractivity contribution in [1.29, 1.82) is 16.1 Å². The molecular formula is C25H31FN8OS2. The first-order valence-electron chi connectivity index (χ1n) is 12.5. The molecule has 1 aliphatic heterocycles. The SMILES string of the molecule is CC(C)C(=O)N1CCN(c2cc(SNC3(C)CC3)cn3c(C(=N)SC(=N)C4(C#N)CC4)nc(F)c23)CC1. The van der Waals surface area contributed by atoms with E-state index in [4.69, 9.17) is 10.8 Å². The number of carbonyl (C=O) groups is 1. The van der Waals surface area contributed by atoms with Gasteiger partial charge in [-0.15, -0.1) is 0 Å². The second-order valence-corrected chi connectivity index (χ2v) is 12.6. The number of thioether (sulfide) groups is 1. The van der Waals surface area contributed by atoms with Crippen molar-refractivity contribution >= 4 is 50.9 Å². The molecule has 12 heteroatoms. The Morgan fingerprint density at radius 1 is 1.22 bits per heavy atom. The molecule has 3 aliphatic rings. The molecule has 0 unspecified atom stereocenters. The van der Waals surface area contributed by atoms with Crippen molar-refractivity contribution in [2.24, 2.45) is 11.3 Å². The maximum atomic E-state index is 15.4. The van der Waals surface area contributed by atoms with Gasteiger partial charge in [0.25, 0.3) is 0 Å². The lowest BCUT2D eigenvalue weighted by molar-refractivity contribution is -0.134. The summed E-state index contributed by atoms with van der Waals surface area (Å²) in [6, 6.07) is 4.12. The van der Waals surface area contributed by atoms with Gasteiger partial charge in [-0.3, -0.25) is 24.7 Å². The van der Waals surface area contributed by atoms with Crippen LogP contribution in [0.25, 0.3) is 5.52 Å². The van der Waals surface area contributed by atoms with E-state index < -0.39 is 11.4 Å². The van der Waals surface area contributed by atoms with E-state index in [0.29, 0.717) is 44.7 Å². The Morgan fingerprint density at radius 2 is 1.89 bits per heavy atom. The lowest BCUT2D eigenvalue weighted by Gasteiger charge is -2.37. The van der Waals surface area contributed by atoms with Crippen LogP contribution in [0.15, 0.2) is 17.2 Å². The summed E-state index contributed by atoms with van der Waals surface area (Å²) in [6.07, 6.45) is 5.19. The summed E-state index contributed by atoms with van der Waals surface area (Å²) in [7, 11) is 0. The Bertz CT molecular complexity index is 1320. The summed E-state index contributed by atoms with van der Waals surface area (Å²) in [4.78, 5) is 21.4. The van der Waals surface area contributed by atoms with Gasteiger partial charge in [-0.05, 0) is 50.6 Å². The van der Waals surface area contributed by atoms with Crippen LogP contribution in [0.5, 0.6) is 0 Å². The van der Waals surface area contributed by atoms with Crippen LogP contribution in [0.3, 0.4) is 0 Å². The number of rotatable bonds is 7. The fourth-order valence-corrected chi connectivity index (χ4v) is 6.13. The summed E-state index contributed by atoms with van der Waals surface area (Å²) in [5.41, 5.74) is 0.216. The molecular weight excluding hydrogens is 511 g/mol. The van der Waals surface area contributed by atoms with Gasteiger partial charge in [0.05, 0.1) is 16.8 Å². The number of pyridine rings is 1. The zero-order valence-corrected chi connectivity index (χ0v) is 22.9. The van der Waals surface area contributed by atoms with Crippen LogP contribution in [0, 0.1) is 39.4 Å². The minimum atomic E-state index is -0.814. The van der Waals surface area contributed by atoms with Gasteiger partial charge in [-0.2, -0.15) is 14.6 Å². The van der Waals surface area contributed by atoms with E-state index in [1.165, 1.54) is 11.9 Å². The van der Waals surface area contributed by atoms with Crippen LogP contribution in [-0.4, -0.2) is 62.0 Å². The van der Waals surface area contributed by atoms with Gasteiger partial charge >= 0.3 is 0 Å². The molecule has 0 atom stereocenters. The van der Waals surface area contributed by atoms with Gasteiger partial charge < -0.3 is 9.80 Å². The molecule has 3 N–H and O–H groups in total. The second-order valence-electron chi connectivity index (χ2n) is 10.7. The quantitative estimate of drug-likeness (QED) is 0.271. The summed E-state index contributed by atoms with van der Waals surface area (Å²) in [5.74, 6) is -0.512. The Kier molecular flexibility index (Phi) is 6.75. The Balaban J connectivity index is 1.47. The molecule has 1 amide bonds. The number of nitrogens with one attached hydrogen (secondary N) is 3. The molecule has 2 aliphatic carbocycles. The topological polar surface area (TPSA) is 124 Å². The van der Waals surface area contributed by atoms with Gasteiger partial charge in [-0.25, -0.2) is 0 Å². The Morgan fingerprint density at radius 3 is 2.46 bits per heavy atom. The van der Waals surface area contributed by atoms with Crippen molar-refractivity contribution in [2.75, 3.05) is 31.1 Å². The lowest BCUT2D eigenvalue weighted by atomic mass is 10.1. The molecule has 0 bridgehead atoms. The normalized spacial score (nSPS) is 19.7. The number of aromatic nitrogens is 2. The van der Waals surface area contributed by atoms with Crippen LogP contribution < -0.4 is 9.62 Å². The van der Waals surface area contributed by atoms with Crippen molar-refractivity contribution < 1.29 is 9.18 Å². The number of imidazole rings is 1. The number of amides is 1. The molecule has 2 aromatic rings. The van der Waals surface area contributed by atoms with Crippen molar-refractivity contribution in [3.63, 3.8) is 0 Å². The number of carbonyl (C=O) groups excluding carboxylic acids is 1. The maximum absolute atomic E-state index is 15.4. The molecule has 9 nitrogen and oxygen atoms in total. The minimum absolute atomic E-state index is 0.0620. The average Bonchev–Trinajstić information content (AvgIpc) is 3.81. The highest BCUT2D eigenvalue weighted by atomic mass is 32.2. The molecule has 0 radical (unpaired) electrons. The highest BCUT2D eigenvalue weighted by Gasteiger charge is 2.48. The van der Waals surface area contributed by atoms with Gasteiger partial charge in [-0.1, -0.05) is 25.6 Å². The van der Waals surface area contributed by atoms with Crippen molar-refractivity contribution in [3.05, 3.63) is 24.0 Å². The summed E-state index contributed by atoms with van der Waals surface area (Å²) >= 11 is 2.35. The van der Waals surface area contributed by atoms with Crippen molar-refractivity contribution in [3.8, 4) is 6.07 Å². The van der Waals surface area contributed by atoms with E-state index in [0.717, 1.165) is 29.5 Å². The summed E-state index contributed by atoms with van der Waals surface area (Å²) in [6.45, 7) is 8.18. The van der Waals surface area contributed by atoms with E-state index in [1.54, 1.807) is 10.6 Å². The number of piperazine rings is 1. The van der Waals surface area contributed by atoms with Gasteiger partial charge in [0.2, 0.25) is 11.9 Å². The zero-order chi connectivity index (χ0) is 26.5. The highest BCUT2D eigenvalue weighted by molar-refractivity contribution is 8.26. The molecule has 2 aromatic heterocycles. The number of hydrogen-bond acceptors (Lipinski definition) is 9. The number of anilines is 1. The average molecular weight is 543 g/mol. The third kappa shape index (κ3) is 5.09. The number of hydrogen-bond donors (Lipinski definition) is 3. The van der Waals surface area contributed by atoms with Gasteiger partial charge in [0.15, 0.2) is 5.82 Å². The lowest BCUT2D eigenvalue weighted by Crippen LogP contribution is -2.50. The fraction of sp³-hybridized carbons (Fsp3) is 0.560. The first-order valence-corrected chi connectivity index (χ1v) is 14.2. The third-order valence-corrected chi connectivity index (χ3v) is 9.33. The number of halogens is 1. The van der Waals surface area contributed by atoms with E-state index in [2.05, 4.69) is 27.6 Å². The van der Waals surface area contributed by atoms with E-state index >= 15 is 4.39 Å². The Labute approximate surface area is 224 Å². The Hall–Kier alpha value is -2.62. The maximum Gasteiger partial charge on any atom is 0.241 e. The molecule has 0 aromatic carbocycles. The first kappa shape index (κ1) is 26.0. The van der Waals surface area contributed by atoms with Crippen molar-refractivity contribution in [2.45, 2.75) is 56.9 Å². The fourth-order valence-electron chi connectivity index (χ4n) is 4.35. The van der Waals surface area contributed by atoms with Crippen LogP contribution >= 0.6 is 23.7 Å². The molecule has 3 heterocycles. The molecule has 1 saturated heterocycles. The molecule has 3 fully saturated rings. The number of fused-ring (bicyclic) bond motifs is 1. The van der Waals surface area contributed by atoms with Gasteiger partial charge in [0, 0.05) is 48.7 Å². The van der Waals surface area contributed by atoms with Crippen LogP contribution in [0.2, 0.25) is 0 Å². The van der Waals surface area contributed by atoms with Crippen LogP contribution in [0.1, 0.15) is 52.3 Å². The molecule has 37 heavy (non-hydrogen) atoms. The third-order valence-electron chi connectivity index (χ3n) is 7.29. The summed E-state index contributed by atoms with van der Waals surface area (Å²) in [5, 5.41) is 26.4. The highest BCUT2D eigenvalue weighted by Crippen LogP contribution is 2.49. The molecule has 196 valence electrons. The monoisotopic (exact) mass is 542 g/mol. The predicted molar refractivity (Wildman–Crippen MR) is 145 cm³/mol. The predicted octanol–water partition coefficient (Wildman–Crippen LogP) is 4.27. The van der Waals surface area contributed by atoms with Crippen molar-refractivity contribution in [1.82, 2.24) is 19.0 Å². The zero-order valence-electron chi connectivity index (χ0n) is 21.2. The molecule has 5 rings (SSSR count). The summed E-state index contributed by atoms with van der Waals surface area (Å²) < 4.78 is 20.5. The second kappa shape index (κ2) is 9.60. The number of nitrogens with zero attached hydrogens (tertiary/aromatic N) is 5. The molecule has 2 saturated carbocycles. The minimum Gasteiger partial charge on any atom is -0.366 e. The van der Waals surface area contributed by atoms with E-state index in [1.807, 2.05) is 24.8 Å². The standard InChI is InChI=1S/C25H31FN8OS2/c1-15(2)22(35)33-10-8-32(9-11-33)17-12-16(37-31-24(3)4-5-24)13-34-18(17)19(26)30-21(34)20(28)36-23(29)25(14-27)6-7-25/h12-13,15,28-29,31H,4-11H2,1-3H3. The first-order chi connectivity index (χ1) is 17.6. The van der Waals surface area contributed by atoms with Crippen LogP contribution in [0.4, 0.5) is 10.1 Å². The smallest absolute Gasteiger partial charge is 0.241 e. The number of nitriles is 1. The van der Waals surface area contributed by atoms with E-state index in [9.17, 15) is 10.1 Å². The molecule has 0 spiro atoms. The van der Waals surface area contributed by atoms with Crippen LogP contribution in [-0.2, 0) is 4.79 Å². The van der Waals surface area contributed by atoms with Gasteiger partial charge in [0.1, 0.15) is 16.0 Å². The van der Waals surface area contributed by atoms with E-state index in [-0.39, 0.29) is 38.8 Å². The largest absolute Gasteiger partial charge is 0.366 e.